The molecule has 0 heterocycles. The normalized spacial score (nSPS) is 12.9. The highest BCUT2D eigenvalue weighted by Gasteiger charge is 2.26. The number of rotatable bonds is 9. The highest BCUT2D eigenvalue weighted by molar-refractivity contribution is 5.85. The van der Waals surface area contributed by atoms with E-state index in [0.717, 1.165) is 17.7 Å². The van der Waals surface area contributed by atoms with Crippen molar-refractivity contribution in [3.63, 3.8) is 0 Å². The second kappa shape index (κ2) is 10.4. The first-order chi connectivity index (χ1) is 9.99. The number of amides is 1. The number of methoxy groups -OCH3 is 1. The van der Waals surface area contributed by atoms with E-state index in [9.17, 15) is 4.79 Å². The molecule has 22 heavy (non-hydrogen) atoms. The average molecular weight is 331 g/mol. The summed E-state index contributed by atoms with van der Waals surface area (Å²) in [6.45, 7) is 5.33. The second-order valence-electron chi connectivity index (χ2n) is 5.34. The van der Waals surface area contributed by atoms with Gasteiger partial charge in [0, 0.05) is 13.7 Å². The van der Waals surface area contributed by atoms with Crippen molar-refractivity contribution in [2.75, 3.05) is 20.3 Å². The molecule has 0 saturated carbocycles. The van der Waals surface area contributed by atoms with Crippen molar-refractivity contribution in [1.82, 2.24) is 5.32 Å². The summed E-state index contributed by atoms with van der Waals surface area (Å²) in [7, 11) is 1.64. The molecule has 1 atom stereocenters. The minimum absolute atomic E-state index is 0. The van der Waals surface area contributed by atoms with Gasteiger partial charge in [-0.1, -0.05) is 25.5 Å². The third-order valence-electron chi connectivity index (χ3n) is 3.22. The zero-order valence-corrected chi connectivity index (χ0v) is 14.4. The monoisotopic (exact) mass is 330 g/mol. The van der Waals surface area contributed by atoms with Gasteiger partial charge in [-0.05, 0) is 31.0 Å². The van der Waals surface area contributed by atoms with Crippen LogP contribution in [0.3, 0.4) is 0 Å². The Labute approximate surface area is 139 Å². The molecular weight excluding hydrogens is 304 g/mol. The maximum atomic E-state index is 12.0. The van der Waals surface area contributed by atoms with Crippen molar-refractivity contribution in [2.24, 2.45) is 5.73 Å². The van der Waals surface area contributed by atoms with E-state index in [0.29, 0.717) is 26.2 Å². The number of carbonyl (C=O) groups excluding carboxylic acids is 1. The topological polar surface area (TPSA) is 73.6 Å². The molecule has 0 aromatic heterocycles. The van der Waals surface area contributed by atoms with E-state index in [2.05, 4.69) is 5.32 Å². The highest BCUT2D eigenvalue weighted by Crippen LogP contribution is 2.13. The van der Waals surface area contributed by atoms with Crippen LogP contribution in [0.2, 0.25) is 0 Å². The van der Waals surface area contributed by atoms with Crippen LogP contribution < -0.4 is 15.8 Å². The summed E-state index contributed by atoms with van der Waals surface area (Å²) in [5, 5.41) is 2.87. The number of nitrogens with one attached hydrogen (secondary N) is 1. The molecule has 3 N–H and O–H groups in total. The summed E-state index contributed by atoms with van der Waals surface area (Å²) in [4.78, 5) is 12.0. The number of halogens is 1. The predicted octanol–water partition coefficient (Wildman–Crippen LogP) is 2.27. The van der Waals surface area contributed by atoms with Gasteiger partial charge in [0.25, 0.3) is 0 Å². The van der Waals surface area contributed by atoms with E-state index >= 15 is 0 Å². The summed E-state index contributed by atoms with van der Waals surface area (Å²) >= 11 is 0. The number of hydrogen-bond acceptors (Lipinski definition) is 4. The summed E-state index contributed by atoms with van der Waals surface area (Å²) in [6, 6.07) is 7.61. The lowest BCUT2D eigenvalue weighted by Crippen LogP contribution is -2.51. The first-order valence-electron chi connectivity index (χ1n) is 7.27. The molecule has 0 aliphatic rings. The highest BCUT2D eigenvalue weighted by atomic mass is 35.5. The molecule has 0 fully saturated rings. The van der Waals surface area contributed by atoms with Crippen LogP contribution in [0.25, 0.3) is 0 Å². The molecule has 1 aromatic carbocycles. The Hall–Kier alpha value is -1.30. The van der Waals surface area contributed by atoms with Gasteiger partial charge in [-0.25, -0.2) is 0 Å². The molecule has 6 heteroatoms. The molecule has 0 saturated heterocycles. The Morgan fingerprint density at radius 1 is 1.27 bits per heavy atom. The molecule has 0 spiro atoms. The molecular formula is C16H27ClN2O3. The standard InChI is InChI=1S/C16H26N2O3.ClH/c1-4-9-16(2,17)15(19)18-12-13-5-7-14(8-6-13)21-11-10-20-3;/h5-8H,4,9-12,17H2,1-3H3,(H,18,19);1H. The van der Waals surface area contributed by atoms with Crippen molar-refractivity contribution < 1.29 is 14.3 Å². The van der Waals surface area contributed by atoms with Crippen molar-refractivity contribution in [3.8, 4) is 5.75 Å². The third-order valence-corrected chi connectivity index (χ3v) is 3.22. The molecule has 5 nitrogen and oxygen atoms in total. The van der Waals surface area contributed by atoms with Crippen LogP contribution in [0.1, 0.15) is 32.3 Å². The van der Waals surface area contributed by atoms with E-state index in [1.165, 1.54) is 0 Å². The Bertz CT molecular complexity index is 436. The minimum Gasteiger partial charge on any atom is -0.491 e. The number of carbonyl (C=O) groups is 1. The van der Waals surface area contributed by atoms with Crippen LogP contribution in [0.5, 0.6) is 5.75 Å². The predicted molar refractivity (Wildman–Crippen MR) is 90.4 cm³/mol. The first kappa shape index (κ1) is 20.7. The van der Waals surface area contributed by atoms with Gasteiger partial charge in [-0.15, -0.1) is 12.4 Å². The molecule has 1 rings (SSSR count). The van der Waals surface area contributed by atoms with E-state index < -0.39 is 5.54 Å². The minimum atomic E-state index is -0.808. The summed E-state index contributed by atoms with van der Waals surface area (Å²) in [6.07, 6.45) is 1.55. The number of nitrogens with two attached hydrogens (primary N) is 1. The van der Waals surface area contributed by atoms with Gasteiger partial charge < -0.3 is 20.5 Å². The van der Waals surface area contributed by atoms with Crippen molar-refractivity contribution in [1.29, 1.82) is 0 Å². The quantitative estimate of drug-likeness (QED) is 0.681. The van der Waals surface area contributed by atoms with Crippen LogP contribution in [0.15, 0.2) is 24.3 Å². The van der Waals surface area contributed by atoms with Gasteiger partial charge in [0.05, 0.1) is 12.1 Å². The smallest absolute Gasteiger partial charge is 0.240 e. The van der Waals surface area contributed by atoms with Gasteiger partial charge in [0.15, 0.2) is 0 Å². The fourth-order valence-electron chi connectivity index (χ4n) is 1.96. The Balaban J connectivity index is 0.00000441. The molecule has 1 aromatic rings. The Morgan fingerprint density at radius 2 is 1.91 bits per heavy atom. The lowest BCUT2D eigenvalue weighted by atomic mass is 9.96. The molecule has 0 bridgehead atoms. The van der Waals surface area contributed by atoms with Crippen LogP contribution >= 0.6 is 12.4 Å². The van der Waals surface area contributed by atoms with Gasteiger partial charge in [-0.3, -0.25) is 4.79 Å². The number of ether oxygens (including phenoxy) is 2. The van der Waals surface area contributed by atoms with E-state index in [-0.39, 0.29) is 18.3 Å². The van der Waals surface area contributed by atoms with Gasteiger partial charge in [0.2, 0.25) is 5.91 Å². The van der Waals surface area contributed by atoms with Gasteiger partial charge in [0.1, 0.15) is 12.4 Å². The average Bonchev–Trinajstić information content (AvgIpc) is 2.46. The van der Waals surface area contributed by atoms with Crippen molar-refractivity contribution in [3.05, 3.63) is 29.8 Å². The number of benzene rings is 1. The van der Waals surface area contributed by atoms with Crippen LogP contribution in [0.4, 0.5) is 0 Å². The third kappa shape index (κ3) is 7.11. The SMILES string of the molecule is CCCC(C)(N)C(=O)NCc1ccc(OCCOC)cc1.Cl. The molecule has 0 aliphatic carbocycles. The van der Waals surface area contributed by atoms with Crippen molar-refractivity contribution in [2.45, 2.75) is 38.8 Å². The molecule has 0 radical (unpaired) electrons. The summed E-state index contributed by atoms with van der Waals surface area (Å²) < 4.78 is 10.4. The van der Waals surface area contributed by atoms with Crippen molar-refractivity contribution >= 4 is 18.3 Å². The Kier molecular flexibility index (Phi) is 9.81. The number of hydrogen-bond donors (Lipinski definition) is 2. The molecule has 1 unspecified atom stereocenters. The zero-order valence-electron chi connectivity index (χ0n) is 13.6. The Morgan fingerprint density at radius 3 is 2.45 bits per heavy atom. The van der Waals surface area contributed by atoms with Gasteiger partial charge in [-0.2, -0.15) is 0 Å². The van der Waals surface area contributed by atoms with E-state index in [4.69, 9.17) is 15.2 Å². The van der Waals surface area contributed by atoms with E-state index in [1.807, 2.05) is 31.2 Å². The van der Waals surface area contributed by atoms with E-state index in [1.54, 1.807) is 14.0 Å². The first-order valence-corrected chi connectivity index (χ1v) is 7.27. The van der Waals surface area contributed by atoms with Crippen LogP contribution in [-0.4, -0.2) is 31.8 Å². The molecule has 126 valence electrons. The zero-order chi connectivity index (χ0) is 15.7. The maximum absolute atomic E-state index is 12.0. The maximum Gasteiger partial charge on any atom is 0.240 e. The fraction of sp³-hybridized carbons (Fsp3) is 0.562. The summed E-state index contributed by atoms with van der Waals surface area (Å²) in [5.74, 6) is 0.668. The second-order valence-corrected chi connectivity index (χ2v) is 5.34. The van der Waals surface area contributed by atoms with Crippen LogP contribution in [-0.2, 0) is 16.1 Å². The largest absolute Gasteiger partial charge is 0.491 e. The molecule has 0 aliphatic heterocycles. The fourth-order valence-corrected chi connectivity index (χ4v) is 1.96. The van der Waals surface area contributed by atoms with Gasteiger partial charge >= 0.3 is 0 Å². The summed E-state index contributed by atoms with van der Waals surface area (Å²) in [5.41, 5.74) is 6.18. The lowest BCUT2D eigenvalue weighted by Gasteiger charge is -2.22. The lowest BCUT2D eigenvalue weighted by molar-refractivity contribution is -0.126. The van der Waals surface area contributed by atoms with Crippen LogP contribution in [0, 0.1) is 0 Å². The molecule has 1 amide bonds.